The van der Waals surface area contributed by atoms with Gasteiger partial charge in [-0.2, -0.15) is 0 Å². The van der Waals surface area contributed by atoms with E-state index in [1.165, 1.54) is 0 Å². The van der Waals surface area contributed by atoms with Crippen LogP contribution in [0.3, 0.4) is 0 Å². The van der Waals surface area contributed by atoms with Crippen molar-refractivity contribution in [1.82, 2.24) is 10.6 Å². The smallest absolute Gasteiger partial charge is 0.315 e. The molecule has 2 unspecified atom stereocenters. The Morgan fingerprint density at radius 1 is 1.21 bits per heavy atom. The number of rotatable bonds is 7. The molecule has 0 aromatic carbocycles. The number of aliphatic hydroxyl groups excluding tert-OH is 1. The van der Waals surface area contributed by atoms with Crippen molar-refractivity contribution in [2.24, 2.45) is 17.3 Å². The molecule has 4 nitrogen and oxygen atoms in total. The minimum atomic E-state index is -0.117. The number of amides is 2. The van der Waals surface area contributed by atoms with E-state index in [4.69, 9.17) is 5.11 Å². The molecule has 2 amide bonds. The van der Waals surface area contributed by atoms with Crippen LogP contribution in [0.5, 0.6) is 0 Å². The van der Waals surface area contributed by atoms with Crippen LogP contribution in [0, 0.1) is 17.3 Å². The van der Waals surface area contributed by atoms with E-state index >= 15 is 0 Å². The highest BCUT2D eigenvalue weighted by molar-refractivity contribution is 5.74. The maximum atomic E-state index is 11.8. The summed E-state index contributed by atoms with van der Waals surface area (Å²) >= 11 is 0. The summed E-state index contributed by atoms with van der Waals surface area (Å²) in [6, 6.07) is 0.00279. The first-order chi connectivity index (χ1) is 8.66. The van der Waals surface area contributed by atoms with Gasteiger partial charge in [0.25, 0.3) is 0 Å². The van der Waals surface area contributed by atoms with E-state index in [1.807, 2.05) is 6.92 Å². The van der Waals surface area contributed by atoms with Crippen LogP contribution in [-0.2, 0) is 0 Å². The fraction of sp³-hybridized carbons (Fsp3) is 0.933. The van der Waals surface area contributed by atoms with Crippen molar-refractivity contribution in [3.63, 3.8) is 0 Å². The average molecular weight is 272 g/mol. The predicted octanol–water partition coefficient (Wildman–Crippen LogP) is 2.76. The molecular weight excluding hydrogens is 240 g/mol. The van der Waals surface area contributed by atoms with Crippen molar-refractivity contribution in [2.75, 3.05) is 13.2 Å². The van der Waals surface area contributed by atoms with E-state index in [9.17, 15) is 4.79 Å². The van der Waals surface area contributed by atoms with Crippen molar-refractivity contribution >= 4 is 6.03 Å². The van der Waals surface area contributed by atoms with E-state index in [1.54, 1.807) is 0 Å². The average Bonchev–Trinajstić information content (AvgIpc) is 2.24. The molecule has 114 valence electrons. The summed E-state index contributed by atoms with van der Waals surface area (Å²) < 4.78 is 0. The molecule has 19 heavy (non-hydrogen) atoms. The first-order valence-corrected chi connectivity index (χ1v) is 7.32. The van der Waals surface area contributed by atoms with Gasteiger partial charge in [0.15, 0.2) is 0 Å². The summed E-state index contributed by atoms with van der Waals surface area (Å²) in [6.45, 7) is 13.4. The van der Waals surface area contributed by atoms with Gasteiger partial charge in [0.1, 0.15) is 0 Å². The number of aliphatic hydroxyl groups is 1. The van der Waals surface area contributed by atoms with Crippen molar-refractivity contribution in [1.29, 1.82) is 0 Å². The zero-order valence-electron chi connectivity index (χ0n) is 13.4. The normalized spacial score (nSPS) is 15.2. The molecule has 0 aliphatic rings. The Labute approximate surface area is 118 Å². The zero-order valence-corrected chi connectivity index (χ0v) is 13.4. The van der Waals surface area contributed by atoms with E-state index in [0.29, 0.717) is 18.4 Å². The number of hydrogen-bond acceptors (Lipinski definition) is 2. The van der Waals surface area contributed by atoms with Crippen molar-refractivity contribution < 1.29 is 9.90 Å². The lowest BCUT2D eigenvalue weighted by molar-refractivity contribution is 0.213. The lowest BCUT2D eigenvalue weighted by Gasteiger charge is -2.28. The number of hydrogen-bond donors (Lipinski definition) is 3. The van der Waals surface area contributed by atoms with Gasteiger partial charge in [-0.15, -0.1) is 0 Å². The van der Waals surface area contributed by atoms with E-state index in [2.05, 4.69) is 45.3 Å². The van der Waals surface area contributed by atoms with Crippen molar-refractivity contribution in [2.45, 2.75) is 60.4 Å². The van der Waals surface area contributed by atoms with Gasteiger partial charge in [-0.25, -0.2) is 4.79 Å². The Kier molecular flexibility index (Phi) is 8.07. The maximum absolute atomic E-state index is 11.8. The Bertz CT molecular complexity index is 259. The van der Waals surface area contributed by atoms with Gasteiger partial charge < -0.3 is 15.7 Å². The number of carbonyl (C=O) groups is 1. The molecule has 0 aliphatic heterocycles. The third kappa shape index (κ3) is 8.87. The number of carbonyl (C=O) groups excluding carboxylic acids is 1. The molecule has 0 aromatic heterocycles. The lowest BCUT2D eigenvalue weighted by atomic mass is 9.88. The second kappa shape index (κ2) is 8.41. The maximum Gasteiger partial charge on any atom is 0.315 e. The van der Waals surface area contributed by atoms with E-state index in [0.717, 1.165) is 12.8 Å². The minimum Gasteiger partial charge on any atom is -0.396 e. The summed E-state index contributed by atoms with van der Waals surface area (Å²) in [6.07, 6.45) is 1.77. The molecule has 0 rings (SSSR count). The van der Waals surface area contributed by atoms with Gasteiger partial charge in [0, 0.05) is 19.2 Å². The van der Waals surface area contributed by atoms with Crippen LogP contribution in [0.25, 0.3) is 0 Å². The molecule has 0 radical (unpaired) electrons. The topological polar surface area (TPSA) is 61.4 Å². The van der Waals surface area contributed by atoms with Gasteiger partial charge in [-0.3, -0.25) is 0 Å². The van der Waals surface area contributed by atoms with Crippen LogP contribution in [-0.4, -0.2) is 30.3 Å². The second-order valence-corrected chi connectivity index (χ2v) is 6.95. The highest BCUT2D eigenvalue weighted by Gasteiger charge is 2.21. The van der Waals surface area contributed by atoms with Gasteiger partial charge in [0.2, 0.25) is 0 Å². The van der Waals surface area contributed by atoms with Crippen molar-refractivity contribution in [3.8, 4) is 0 Å². The van der Waals surface area contributed by atoms with E-state index in [-0.39, 0.29) is 24.1 Å². The summed E-state index contributed by atoms with van der Waals surface area (Å²) in [5.74, 6) is 0.926. The van der Waals surface area contributed by atoms with Crippen LogP contribution < -0.4 is 10.6 Å². The second-order valence-electron chi connectivity index (χ2n) is 6.95. The van der Waals surface area contributed by atoms with Crippen LogP contribution in [0.15, 0.2) is 0 Å². The fourth-order valence-electron chi connectivity index (χ4n) is 1.85. The highest BCUT2D eigenvalue weighted by Crippen LogP contribution is 2.18. The van der Waals surface area contributed by atoms with Crippen LogP contribution in [0.1, 0.15) is 54.4 Å². The summed E-state index contributed by atoms with van der Waals surface area (Å²) in [5, 5.41) is 14.9. The Balaban J connectivity index is 4.11. The zero-order chi connectivity index (χ0) is 15.1. The fourth-order valence-corrected chi connectivity index (χ4v) is 1.85. The molecule has 0 saturated carbocycles. The summed E-state index contributed by atoms with van der Waals surface area (Å²) in [4.78, 5) is 11.8. The Morgan fingerprint density at radius 3 is 2.21 bits per heavy atom. The van der Waals surface area contributed by atoms with Gasteiger partial charge >= 0.3 is 6.03 Å². The molecule has 0 aromatic rings. The van der Waals surface area contributed by atoms with Crippen LogP contribution in [0.2, 0.25) is 0 Å². The first-order valence-electron chi connectivity index (χ1n) is 7.32. The third-order valence-electron chi connectivity index (χ3n) is 3.54. The molecule has 3 N–H and O–H groups in total. The van der Waals surface area contributed by atoms with Gasteiger partial charge in [0.05, 0.1) is 0 Å². The van der Waals surface area contributed by atoms with Crippen molar-refractivity contribution in [3.05, 3.63) is 0 Å². The standard InChI is InChI=1S/C15H32N2O2/c1-11(2)9-13(7-8-18)10-16-14(19)17-12(3)15(4,5)6/h11-13,18H,7-10H2,1-6H3,(H2,16,17,19). The molecule has 0 spiro atoms. The molecule has 0 saturated heterocycles. The van der Waals surface area contributed by atoms with Crippen LogP contribution in [0.4, 0.5) is 4.79 Å². The molecule has 0 heterocycles. The summed E-state index contributed by atoms with van der Waals surface area (Å²) in [5.41, 5.74) is 0.0553. The van der Waals surface area contributed by atoms with Gasteiger partial charge in [-0.1, -0.05) is 34.6 Å². The number of nitrogens with one attached hydrogen (secondary N) is 2. The molecule has 0 bridgehead atoms. The Hall–Kier alpha value is -0.770. The summed E-state index contributed by atoms with van der Waals surface area (Å²) in [7, 11) is 0. The monoisotopic (exact) mass is 272 g/mol. The quantitative estimate of drug-likeness (QED) is 0.667. The SMILES string of the molecule is CC(C)CC(CCO)CNC(=O)NC(C)C(C)(C)C. The third-order valence-corrected chi connectivity index (χ3v) is 3.54. The Morgan fingerprint density at radius 2 is 1.79 bits per heavy atom. The highest BCUT2D eigenvalue weighted by atomic mass is 16.3. The number of urea groups is 1. The van der Waals surface area contributed by atoms with E-state index < -0.39 is 0 Å². The molecule has 2 atom stereocenters. The van der Waals surface area contributed by atoms with Crippen LogP contribution >= 0.6 is 0 Å². The molecule has 0 fully saturated rings. The molecular formula is C15H32N2O2. The van der Waals surface area contributed by atoms with Gasteiger partial charge in [-0.05, 0) is 37.0 Å². The first kappa shape index (κ1) is 18.2. The lowest BCUT2D eigenvalue weighted by Crippen LogP contribution is -2.47. The minimum absolute atomic E-state index is 0.0553. The largest absolute Gasteiger partial charge is 0.396 e. The predicted molar refractivity (Wildman–Crippen MR) is 80.1 cm³/mol. The molecule has 0 aliphatic carbocycles. The molecule has 4 heteroatoms.